The van der Waals surface area contributed by atoms with E-state index < -0.39 is 11.8 Å². The molecule has 0 fully saturated rings. The lowest BCUT2D eigenvalue weighted by molar-refractivity contribution is 0.0593. The number of rotatable bonds is 2. The van der Waals surface area contributed by atoms with Gasteiger partial charge in [0.1, 0.15) is 5.82 Å². The molecule has 0 spiro atoms. The molecule has 0 aliphatic heterocycles. The van der Waals surface area contributed by atoms with Crippen LogP contribution < -0.4 is 0 Å². The first kappa shape index (κ1) is 12.2. The number of pyridine rings is 1. The molecule has 18 heavy (non-hydrogen) atoms. The molecule has 0 saturated carbocycles. The monoisotopic (exact) mass is 249 g/mol. The van der Waals surface area contributed by atoms with E-state index >= 15 is 0 Å². The van der Waals surface area contributed by atoms with Crippen molar-refractivity contribution in [2.45, 2.75) is 6.92 Å². The van der Waals surface area contributed by atoms with E-state index in [1.165, 1.54) is 13.3 Å². The molecule has 94 valence electrons. The Labute approximate surface area is 103 Å². The van der Waals surface area contributed by atoms with Crippen molar-refractivity contribution in [1.29, 1.82) is 0 Å². The van der Waals surface area contributed by atoms with E-state index in [0.717, 1.165) is 11.6 Å². The Bertz CT molecular complexity index is 588. The molecule has 0 amide bonds. The molecular formula is C12H12FN3O2. The third-order valence-electron chi connectivity index (χ3n) is 2.62. The largest absolute Gasteiger partial charge is 0.464 e. The SMILES string of the molecule is COC(=O)c1cc(F)c(-c2c(C)cnn2C)cn1. The number of carbonyl (C=O) groups is 1. The average Bonchev–Trinajstić information content (AvgIpc) is 2.68. The summed E-state index contributed by atoms with van der Waals surface area (Å²) in [7, 11) is 2.94. The summed E-state index contributed by atoms with van der Waals surface area (Å²) in [6.07, 6.45) is 2.95. The lowest BCUT2D eigenvalue weighted by atomic mass is 10.1. The van der Waals surface area contributed by atoms with Gasteiger partial charge in [-0.25, -0.2) is 14.2 Å². The number of aryl methyl sites for hydroxylation is 2. The summed E-state index contributed by atoms with van der Waals surface area (Å²) in [5.74, 6) is -1.20. The quantitative estimate of drug-likeness (QED) is 0.760. The van der Waals surface area contributed by atoms with Crippen LogP contribution in [-0.2, 0) is 11.8 Å². The maximum Gasteiger partial charge on any atom is 0.356 e. The smallest absolute Gasteiger partial charge is 0.356 e. The van der Waals surface area contributed by atoms with Gasteiger partial charge in [-0.1, -0.05) is 0 Å². The zero-order valence-electron chi connectivity index (χ0n) is 10.3. The Balaban J connectivity index is 2.52. The number of methoxy groups -OCH3 is 1. The van der Waals surface area contributed by atoms with Crippen molar-refractivity contribution in [1.82, 2.24) is 14.8 Å². The molecular weight excluding hydrogens is 237 g/mol. The first-order chi connectivity index (χ1) is 8.54. The third-order valence-corrected chi connectivity index (χ3v) is 2.62. The summed E-state index contributed by atoms with van der Waals surface area (Å²) in [5.41, 5.74) is 1.72. The molecule has 0 aliphatic rings. The number of carbonyl (C=O) groups excluding carboxylic acids is 1. The number of hydrogen-bond acceptors (Lipinski definition) is 4. The fraction of sp³-hybridized carbons (Fsp3) is 0.250. The summed E-state index contributed by atoms with van der Waals surface area (Å²) in [6.45, 7) is 1.83. The van der Waals surface area contributed by atoms with Gasteiger partial charge in [-0.15, -0.1) is 0 Å². The summed E-state index contributed by atoms with van der Waals surface area (Å²) in [6, 6.07) is 1.06. The Morgan fingerprint density at radius 1 is 1.44 bits per heavy atom. The minimum absolute atomic E-state index is 0.0569. The molecule has 0 radical (unpaired) electrons. The molecule has 0 N–H and O–H groups in total. The molecule has 6 heteroatoms. The first-order valence-corrected chi connectivity index (χ1v) is 5.27. The highest BCUT2D eigenvalue weighted by molar-refractivity contribution is 5.87. The number of aromatic nitrogens is 3. The predicted octanol–water partition coefficient (Wildman–Crippen LogP) is 1.72. The molecule has 0 atom stereocenters. The van der Waals surface area contributed by atoms with Gasteiger partial charge in [0.05, 0.1) is 24.6 Å². The van der Waals surface area contributed by atoms with Crippen molar-refractivity contribution < 1.29 is 13.9 Å². The first-order valence-electron chi connectivity index (χ1n) is 5.27. The van der Waals surface area contributed by atoms with Crippen molar-refractivity contribution >= 4 is 5.97 Å². The minimum atomic E-state index is -0.665. The Hall–Kier alpha value is -2.24. The van der Waals surface area contributed by atoms with Crippen molar-refractivity contribution in [3.05, 3.63) is 35.5 Å². The second kappa shape index (κ2) is 4.56. The summed E-state index contributed by atoms with van der Waals surface area (Å²) >= 11 is 0. The number of halogens is 1. The second-order valence-corrected chi connectivity index (χ2v) is 3.84. The molecule has 2 heterocycles. The van der Waals surface area contributed by atoms with Gasteiger partial charge in [0.25, 0.3) is 0 Å². The molecule has 0 aliphatic carbocycles. The maximum absolute atomic E-state index is 14.0. The normalized spacial score (nSPS) is 10.4. The van der Waals surface area contributed by atoms with Crippen LogP contribution in [-0.4, -0.2) is 27.8 Å². The van der Waals surface area contributed by atoms with Crippen LogP contribution in [0.5, 0.6) is 0 Å². The topological polar surface area (TPSA) is 57.0 Å². The Kier molecular flexibility index (Phi) is 3.10. The van der Waals surface area contributed by atoms with E-state index in [9.17, 15) is 9.18 Å². The lowest BCUT2D eigenvalue weighted by Gasteiger charge is -2.06. The lowest BCUT2D eigenvalue weighted by Crippen LogP contribution is -2.06. The predicted molar refractivity (Wildman–Crippen MR) is 62.5 cm³/mol. The third kappa shape index (κ3) is 1.97. The van der Waals surface area contributed by atoms with Gasteiger partial charge < -0.3 is 4.74 Å². The minimum Gasteiger partial charge on any atom is -0.464 e. The van der Waals surface area contributed by atoms with Gasteiger partial charge in [0, 0.05) is 19.3 Å². The van der Waals surface area contributed by atoms with Gasteiger partial charge in [0.2, 0.25) is 0 Å². The summed E-state index contributed by atoms with van der Waals surface area (Å²) in [4.78, 5) is 15.1. The van der Waals surface area contributed by atoms with Crippen molar-refractivity contribution in [2.24, 2.45) is 7.05 Å². The van der Waals surface area contributed by atoms with Gasteiger partial charge in [-0.05, 0) is 12.5 Å². The highest BCUT2D eigenvalue weighted by Gasteiger charge is 2.16. The summed E-state index contributed by atoms with van der Waals surface area (Å²) in [5, 5.41) is 4.04. The molecule has 2 aromatic heterocycles. The Morgan fingerprint density at radius 2 is 2.17 bits per heavy atom. The van der Waals surface area contributed by atoms with Gasteiger partial charge >= 0.3 is 5.97 Å². The molecule has 2 aromatic rings. The number of nitrogens with zero attached hydrogens (tertiary/aromatic N) is 3. The van der Waals surface area contributed by atoms with Crippen molar-refractivity contribution in [2.75, 3.05) is 7.11 Å². The van der Waals surface area contributed by atoms with Crippen LogP contribution in [0.2, 0.25) is 0 Å². The van der Waals surface area contributed by atoms with Crippen LogP contribution in [0.3, 0.4) is 0 Å². The van der Waals surface area contributed by atoms with E-state index in [2.05, 4.69) is 14.8 Å². The van der Waals surface area contributed by atoms with E-state index in [1.807, 2.05) is 6.92 Å². The van der Waals surface area contributed by atoms with Crippen LogP contribution >= 0.6 is 0 Å². The molecule has 0 bridgehead atoms. The van der Waals surface area contributed by atoms with Crippen LogP contribution in [0, 0.1) is 12.7 Å². The highest BCUT2D eigenvalue weighted by Crippen LogP contribution is 2.25. The molecule has 2 rings (SSSR count). The van der Waals surface area contributed by atoms with E-state index in [4.69, 9.17) is 0 Å². The van der Waals surface area contributed by atoms with Crippen LogP contribution in [0.25, 0.3) is 11.3 Å². The van der Waals surface area contributed by atoms with E-state index in [1.54, 1.807) is 17.9 Å². The van der Waals surface area contributed by atoms with Gasteiger partial charge in [-0.2, -0.15) is 5.10 Å². The highest BCUT2D eigenvalue weighted by atomic mass is 19.1. The van der Waals surface area contributed by atoms with Crippen molar-refractivity contribution in [3.63, 3.8) is 0 Å². The fourth-order valence-electron chi connectivity index (χ4n) is 1.76. The zero-order chi connectivity index (χ0) is 13.3. The molecule has 0 unspecified atom stereocenters. The fourth-order valence-corrected chi connectivity index (χ4v) is 1.76. The Morgan fingerprint density at radius 3 is 2.67 bits per heavy atom. The van der Waals surface area contributed by atoms with Gasteiger partial charge in [0.15, 0.2) is 5.69 Å². The van der Waals surface area contributed by atoms with E-state index in [0.29, 0.717) is 11.3 Å². The van der Waals surface area contributed by atoms with Crippen LogP contribution in [0.4, 0.5) is 4.39 Å². The standard InChI is InChI=1S/C12H12FN3O2/c1-7-5-15-16(2)11(7)8-6-14-10(4-9(8)13)12(17)18-3/h4-6H,1-3H3. The van der Waals surface area contributed by atoms with Crippen LogP contribution in [0.1, 0.15) is 16.1 Å². The molecule has 5 nitrogen and oxygen atoms in total. The second-order valence-electron chi connectivity index (χ2n) is 3.84. The molecule has 0 saturated heterocycles. The summed E-state index contributed by atoms with van der Waals surface area (Å²) < 4.78 is 20.0. The van der Waals surface area contributed by atoms with Crippen molar-refractivity contribution in [3.8, 4) is 11.3 Å². The number of esters is 1. The molecule has 0 aromatic carbocycles. The van der Waals surface area contributed by atoms with E-state index in [-0.39, 0.29) is 5.69 Å². The number of hydrogen-bond donors (Lipinski definition) is 0. The average molecular weight is 249 g/mol. The zero-order valence-corrected chi connectivity index (χ0v) is 10.3. The van der Waals surface area contributed by atoms with Crippen LogP contribution in [0.15, 0.2) is 18.5 Å². The maximum atomic E-state index is 14.0. The van der Waals surface area contributed by atoms with Gasteiger partial charge in [-0.3, -0.25) is 4.68 Å². The number of ether oxygens (including phenoxy) is 1.